The molecule has 2 aromatic heterocycles. The molecule has 0 spiro atoms. The number of nitrogens with zero attached hydrogens (tertiary/aromatic N) is 3. The van der Waals surface area contributed by atoms with Gasteiger partial charge >= 0.3 is 6.01 Å². The van der Waals surface area contributed by atoms with Crippen molar-refractivity contribution in [1.82, 2.24) is 15.0 Å². The molecule has 1 aromatic carbocycles. The van der Waals surface area contributed by atoms with E-state index in [-0.39, 0.29) is 6.01 Å². The molecule has 0 aliphatic heterocycles. The van der Waals surface area contributed by atoms with E-state index >= 15 is 0 Å². The summed E-state index contributed by atoms with van der Waals surface area (Å²) >= 11 is 0. The van der Waals surface area contributed by atoms with Gasteiger partial charge in [0.05, 0.1) is 20.0 Å². The van der Waals surface area contributed by atoms with Crippen molar-refractivity contribution in [2.24, 2.45) is 5.73 Å². The van der Waals surface area contributed by atoms with Crippen LogP contribution in [0.2, 0.25) is 0 Å². The predicted octanol–water partition coefficient (Wildman–Crippen LogP) is 2.59. The third kappa shape index (κ3) is 3.36. The van der Waals surface area contributed by atoms with E-state index in [0.717, 1.165) is 5.56 Å². The molecular weight excluding hydrogens is 308 g/mol. The van der Waals surface area contributed by atoms with Crippen molar-refractivity contribution < 1.29 is 13.9 Å². The Bertz CT molecular complexity index is 805. The molecule has 1 atom stereocenters. The molecule has 2 heterocycles. The Morgan fingerprint density at radius 1 is 1.17 bits per heavy atom. The smallest absolute Gasteiger partial charge is 0.320 e. The first-order chi connectivity index (χ1) is 11.7. The molecular formula is C17H18N4O3. The summed E-state index contributed by atoms with van der Waals surface area (Å²) in [7, 11) is 1.61. The Balaban J connectivity index is 2.05. The lowest BCUT2D eigenvalue weighted by Gasteiger charge is -2.11. The van der Waals surface area contributed by atoms with E-state index in [1.54, 1.807) is 25.5 Å². The maximum absolute atomic E-state index is 6.20. The number of hydrogen-bond acceptors (Lipinski definition) is 7. The Labute approximate surface area is 139 Å². The zero-order valence-corrected chi connectivity index (χ0v) is 13.5. The molecule has 0 fully saturated rings. The van der Waals surface area contributed by atoms with Crippen LogP contribution in [-0.4, -0.2) is 28.7 Å². The lowest BCUT2D eigenvalue weighted by atomic mass is 10.2. The Hall–Kier alpha value is -2.93. The van der Waals surface area contributed by atoms with Gasteiger partial charge in [0.1, 0.15) is 17.6 Å². The topological polar surface area (TPSA) is 96.3 Å². The van der Waals surface area contributed by atoms with Gasteiger partial charge in [-0.2, -0.15) is 9.97 Å². The molecule has 0 amide bonds. The van der Waals surface area contributed by atoms with Crippen molar-refractivity contribution in [3.8, 4) is 23.1 Å². The van der Waals surface area contributed by atoms with Crippen LogP contribution in [0, 0.1) is 0 Å². The van der Waals surface area contributed by atoms with Gasteiger partial charge in [0.15, 0.2) is 11.6 Å². The van der Waals surface area contributed by atoms with Crippen LogP contribution in [0.4, 0.5) is 0 Å². The fourth-order valence-electron chi connectivity index (χ4n) is 2.19. The van der Waals surface area contributed by atoms with E-state index in [1.807, 2.05) is 31.2 Å². The van der Waals surface area contributed by atoms with Gasteiger partial charge in [-0.25, -0.2) is 4.98 Å². The molecule has 0 aliphatic carbocycles. The van der Waals surface area contributed by atoms with Crippen LogP contribution in [-0.2, 0) is 0 Å². The fourth-order valence-corrected chi connectivity index (χ4v) is 2.19. The maximum atomic E-state index is 6.20. The Kier molecular flexibility index (Phi) is 4.72. The fraction of sp³-hybridized carbons (Fsp3) is 0.235. The zero-order valence-electron chi connectivity index (χ0n) is 13.5. The minimum atomic E-state index is -0.605. The molecule has 2 N–H and O–H groups in total. The number of ether oxygens (including phenoxy) is 2. The van der Waals surface area contributed by atoms with Crippen LogP contribution in [0.5, 0.6) is 11.8 Å². The van der Waals surface area contributed by atoms with Gasteiger partial charge in [-0.15, -0.1) is 0 Å². The highest BCUT2D eigenvalue weighted by Crippen LogP contribution is 2.24. The van der Waals surface area contributed by atoms with Gasteiger partial charge in [0.25, 0.3) is 0 Å². The minimum Gasteiger partial charge on any atom is -0.497 e. The first-order valence-electron chi connectivity index (χ1n) is 7.53. The van der Waals surface area contributed by atoms with Crippen molar-refractivity contribution in [2.75, 3.05) is 13.7 Å². The highest BCUT2D eigenvalue weighted by atomic mass is 16.5. The summed E-state index contributed by atoms with van der Waals surface area (Å²) in [5.41, 5.74) is 6.99. The van der Waals surface area contributed by atoms with E-state index in [0.29, 0.717) is 29.8 Å². The summed E-state index contributed by atoms with van der Waals surface area (Å²) < 4.78 is 16.0. The normalized spacial score (nSPS) is 12.0. The Morgan fingerprint density at radius 2 is 2.04 bits per heavy atom. The standard InChI is InChI=1S/C17H18N4O3/c1-3-23-17-20-15(11-6-4-7-12(10-11)22-2)19-16(21-17)14(18)13-8-5-9-24-13/h4-10,14H,3,18H2,1-2H3. The number of furan rings is 1. The van der Waals surface area contributed by atoms with E-state index < -0.39 is 6.04 Å². The molecule has 24 heavy (non-hydrogen) atoms. The molecule has 1 unspecified atom stereocenters. The minimum absolute atomic E-state index is 0.224. The van der Waals surface area contributed by atoms with Crippen LogP contribution >= 0.6 is 0 Å². The number of rotatable bonds is 6. The molecule has 0 bridgehead atoms. The first kappa shape index (κ1) is 15.9. The van der Waals surface area contributed by atoms with Crippen molar-refractivity contribution in [3.63, 3.8) is 0 Å². The van der Waals surface area contributed by atoms with Gasteiger partial charge in [0, 0.05) is 5.56 Å². The van der Waals surface area contributed by atoms with Crippen molar-refractivity contribution in [2.45, 2.75) is 13.0 Å². The molecule has 7 heteroatoms. The molecule has 0 aliphatic rings. The summed E-state index contributed by atoms with van der Waals surface area (Å²) in [4.78, 5) is 13.1. The molecule has 0 saturated carbocycles. The lowest BCUT2D eigenvalue weighted by Crippen LogP contribution is -2.17. The second kappa shape index (κ2) is 7.10. The second-order valence-electron chi connectivity index (χ2n) is 4.96. The average Bonchev–Trinajstić information content (AvgIpc) is 3.16. The quantitative estimate of drug-likeness (QED) is 0.743. The van der Waals surface area contributed by atoms with Gasteiger partial charge in [-0.3, -0.25) is 0 Å². The third-order valence-electron chi connectivity index (χ3n) is 3.36. The van der Waals surface area contributed by atoms with E-state index in [1.165, 1.54) is 0 Å². The van der Waals surface area contributed by atoms with Crippen LogP contribution in [0.25, 0.3) is 11.4 Å². The number of benzene rings is 1. The van der Waals surface area contributed by atoms with Crippen LogP contribution in [0.1, 0.15) is 24.6 Å². The van der Waals surface area contributed by atoms with Crippen molar-refractivity contribution in [3.05, 3.63) is 54.2 Å². The summed E-state index contributed by atoms with van der Waals surface area (Å²) in [5, 5.41) is 0. The van der Waals surface area contributed by atoms with Gasteiger partial charge in [-0.05, 0) is 31.2 Å². The monoisotopic (exact) mass is 326 g/mol. The first-order valence-corrected chi connectivity index (χ1v) is 7.53. The van der Waals surface area contributed by atoms with E-state index in [4.69, 9.17) is 19.6 Å². The average molecular weight is 326 g/mol. The molecule has 3 rings (SSSR count). The summed E-state index contributed by atoms with van der Waals surface area (Å²) in [6.45, 7) is 2.30. The molecule has 0 saturated heterocycles. The molecule has 7 nitrogen and oxygen atoms in total. The van der Waals surface area contributed by atoms with Crippen LogP contribution < -0.4 is 15.2 Å². The molecule has 124 valence electrons. The van der Waals surface area contributed by atoms with Crippen LogP contribution in [0.3, 0.4) is 0 Å². The molecule has 3 aromatic rings. The SMILES string of the molecule is CCOc1nc(-c2cccc(OC)c2)nc(C(N)c2ccco2)n1. The molecule has 0 radical (unpaired) electrons. The number of methoxy groups -OCH3 is 1. The summed E-state index contributed by atoms with van der Waals surface area (Å²) in [5.74, 6) is 2.12. The lowest BCUT2D eigenvalue weighted by molar-refractivity contribution is 0.309. The van der Waals surface area contributed by atoms with Gasteiger partial charge in [0.2, 0.25) is 0 Å². The highest BCUT2D eigenvalue weighted by Gasteiger charge is 2.19. The number of nitrogens with two attached hydrogens (primary N) is 1. The van der Waals surface area contributed by atoms with Crippen LogP contribution in [0.15, 0.2) is 47.1 Å². The number of aromatic nitrogens is 3. The van der Waals surface area contributed by atoms with E-state index in [2.05, 4.69) is 15.0 Å². The van der Waals surface area contributed by atoms with E-state index in [9.17, 15) is 0 Å². The summed E-state index contributed by atoms with van der Waals surface area (Å²) in [6.07, 6.45) is 1.56. The zero-order chi connectivity index (χ0) is 16.9. The van der Waals surface area contributed by atoms with Gasteiger partial charge in [-0.1, -0.05) is 12.1 Å². The Morgan fingerprint density at radius 3 is 2.75 bits per heavy atom. The predicted molar refractivity (Wildman–Crippen MR) is 87.7 cm³/mol. The van der Waals surface area contributed by atoms with Gasteiger partial charge < -0.3 is 19.6 Å². The second-order valence-corrected chi connectivity index (χ2v) is 4.96. The maximum Gasteiger partial charge on any atom is 0.320 e. The third-order valence-corrected chi connectivity index (χ3v) is 3.36. The number of hydrogen-bond donors (Lipinski definition) is 1. The van der Waals surface area contributed by atoms with Crippen molar-refractivity contribution in [1.29, 1.82) is 0 Å². The van der Waals surface area contributed by atoms with Crippen molar-refractivity contribution >= 4 is 0 Å². The largest absolute Gasteiger partial charge is 0.497 e. The highest BCUT2D eigenvalue weighted by molar-refractivity contribution is 5.57. The summed E-state index contributed by atoms with van der Waals surface area (Å²) in [6, 6.07) is 10.6.